The number of halogens is 3. The van der Waals surface area contributed by atoms with Gasteiger partial charge in [0.25, 0.3) is 0 Å². The zero-order valence-corrected chi connectivity index (χ0v) is 9.61. The Kier molecular flexibility index (Phi) is 2.73. The standard InChI is InChI=1S/C10H9BrF2N2/c1-5-4-14-10(15-5)9-7(12)2-6(11)3-8(9)13/h2-3,5H,4H2,1H3,(H,14,15). The third-order valence-electron chi connectivity index (χ3n) is 2.15. The third-order valence-corrected chi connectivity index (χ3v) is 2.61. The largest absolute Gasteiger partial charge is 0.365 e. The lowest BCUT2D eigenvalue weighted by Crippen LogP contribution is -2.29. The summed E-state index contributed by atoms with van der Waals surface area (Å²) in [4.78, 5) is 4.05. The van der Waals surface area contributed by atoms with Gasteiger partial charge in [-0.1, -0.05) is 15.9 Å². The van der Waals surface area contributed by atoms with E-state index in [0.717, 1.165) is 0 Å². The molecule has 0 saturated heterocycles. The second-order valence-electron chi connectivity index (χ2n) is 3.48. The second-order valence-corrected chi connectivity index (χ2v) is 4.39. The first-order chi connectivity index (χ1) is 7.08. The highest BCUT2D eigenvalue weighted by atomic mass is 79.9. The van der Waals surface area contributed by atoms with Crippen molar-refractivity contribution in [2.75, 3.05) is 6.54 Å². The molecule has 1 aromatic rings. The first-order valence-electron chi connectivity index (χ1n) is 4.54. The fraction of sp³-hybridized carbons (Fsp3) is 0.300. The number of hydrogen-bond donors (Lipinski definition) is 1. The molecule has 2 rings (SSSR count). The Balaban J connectivity index is 2.45. The molecular formula is C10H9BrF2N2. The van der Waals surface area contributed by atoms with E-state index in [1.54, 1.807) is 0 Å². The van der Waals surface area contributed by atoms with Crippen LogP contribution in [0.2, 0.25) is 0 Å². The van der Waals surface area contributed by atoms with Gasteiger partial charge in [0.15, 0.2) is 0 Å². The average Bonchev–Trinajstić information content (AvgIpc) is 2.49. The van der Waals surface area contributed by atoms with E-state index in [1.807, 2.05) is 6.92 Å². The van der Waals surface area contributed by atoms with Crippen molar-refractivity contribution in [3.05, 3.63) is 33.8 Å². The van der Waals surface area contributed by atoms with Crippen molar-refractivity contribution in [3.8, 4) is 0 Å². The fourth-order valence-corrected chi connectivity index (χ4v) is 1.87. The molecule has 1 atom stereocenters. The van der Waals surface area contributed by atoms with Crippen molar-refractivity contribution in [1.29, 1.82) is 0 Å². The second kappa shape index (κ2) is 3.89. The van der Waals surface area contributed by atoms with Crippen molar-refractivity contribution in [3.63, 3.8) is 0 Å². The van der Waals surface area contributed by atoms with Gasteiger partial charge in [0.2, 0.25) is 0 Å². The summed E-state index contributed by atoms with van der Waals surface area (Å²) in [5, 5.41) is 2.93. The third kappa shape index (κ3) is 2.02. The van der Waals surface area contributed by atoms with Gasteiger partial charge >= 0.3 is 0 Å². The van der Waals surface area contributed by atoms with E-state index in [2.05, 4.69) is 26.2 Å². The van der Waals surface area contributed by atoms with Gasteiger partial charge < -0.3 is 5.32 Å². The summed E-state index contributed by atoms with van der Waals surface area (Å²) in [7, 11) is 0. The minimum atomic E-state index is -0.609. The quantitative estimate of drug-likeness (QED) is 0.836. The van der Waals surface area contributed by atoms with Gasteiger partial charge in [0.05, 0.1) is 12.1 Å². The summed E-state index contributed by atoms with van der Waals surface area (Å²) >= 11 is 3.03. The summed E-state index contributed by atoms with van der Waals surface area (Å²) < 4.78 is 27.4. The summed E-state index contributed by atoms with van der Waals surface area (Å²) in [5.41, 5.74) is -0.0810. The zero-order chi connectivity index (χ0) is 11.0. The number of benzene rings is 1. The molecule has 0 radical (unpaired) electrons. The van der Waals surface area contributed by atoms with Gasteiger partial charge in [0, 0.05) is 10.5 Å². The number of rotatable bonds is 1. The van der Waals surface area contributed by atoms with Crippen molar-refractivity contribution in [2.24, 2.45) is 4.99 Å². The topological polar surface area (TPSA) is 24.4 Å². The van der Waals surface area contributed by atoms with Crippen LogP contribution in [0.1, 0.15) is 12.5 Å². The maximum Gasteiger partial charge on any atom is 0.138 e. The predicted octanol–water partition coefficient (Wildman–Crippen LogP) is 2.47. The van der Waals surface area contributed by atoms with Crippen LogP contribution in [-0.4, -0.2) is 18.4 Å². The number of nitrogens with one attached hydrogen (secondary N) is 1. The first kappa shape index (κ1) is 10.5. The molecule has 1 aliphatic heterocycles. The van der Waals surface area contributed by atoms with Crippen LogP contribution in [-0.2, 0) is 0 Å². The Morgan fingerprint density at radius 3 is 2.47 bits per heavy atom. The van der Waals surface area contributed by atoms with Crippen LogP contribution in [0.25, 0.3) is 0 Å². The van der Waals surface area contributed by atoms with Crippen molar-refractivity contribution < 1.29 is 8.78 Å². The van der Waals surface area contributed by atoms with Gasteiger partial charge in [-0.2, -0.15) is 0 Å². The van der Waals surface area contributed by atoms with Gasteiger partial charge in [-0.05, 0) is 19.1 Å². The summed E-state index contributed by atoms with van der Waals surface area (Å²) in [6.07, 6.45) is 0. The zero-order valence-electron chi connectivity index (χ0n) is 8.02. The number of hydrogen-bond acceptors (Lipinski definition) is 2. The molecule has 1 N–H and O–H groups in total. The van der Waals surface area contributed by atoms with Gasteiger partial charge in [-0.3, -0.25) is 4.99 Å². The highest BCUT2D eigenvalue weighted by molar-refractivity contribution is 9.10. The van der Waals surface area contributed by atoms with E-state index in [-0.39, 0.29) is 11.6 Å². The molecular weight excluding hydrogens is 266 g/mol. The van der Waals surface area contributed by atoms with Crippen LogP contribution in [0.3, 0.4) is 0 Å². The predicted molar refractivity (Wildman–Crippen MR) is 58.1 cm³/mol. The van der Waals surface area contributed by atoms with E-state index in [1.165, 1.54) is 12.1 Å². The van der Waals surface area contributed by atoms with Crippen LogP contribution in [0, 0.1) is 11.6 Å². The van der Waals surface area contributed by atoms with Crippen molar-refractivity contribution in [1.82, 2.24) is 5.32 Å². The van der Waals surface area contributed by atoms with E-state index in [4.69, 9.17) is 0 Å². The molecule has 0 spiro atoms. The van der Waals surface area contributed by atoms with Gasteiger partial charge in [0.1, 0.15) is 17.5 Å². The molecule has 5 heteroatoms. The number of aliphatic imine (C=N–C) groups is 1. The molecule has 1 aromatic carbocycles. The van der Waals surface area contributed by atoms with E-state index >= 15 is 0 Å². The lowest BCUT2D eigenvalue weighted by Gasteiger charge is -2.08. The molecule has 2 nitrogen and oxygen atoms in total. The Morgan fingerprint density at radius 1 is 1.40 bits per heavy atom. The van der Waals surface area contributed by atoms with Crippen molar-refractivity contribution in [2.45, 2.75) is 13.0 Å². The minimum absolute atomic E-state index is 0.0810. The van der Waals surface area contributed by atoms with Crippen LogP contribution in [0.4, 0.5) is 8.78 Å². The number of amidine groups is 1. The van der Waals surface area contributed by atoms with Crippen molar-refractivity contribution >= 4 is 21.8 Å². The lowest BCUT2D eigenvalue weighted by atomic mass is 10.2. The minimum Gasteiger partial charge on any atom is -0.365 e. The SMILES string of the molecule is CC1CN=C(c2c(F)cc(Br)cc2F)N1. The van der Waals surface area contributed by atoms with E-state index in [0.29, 0.717) is 16.9 Å². The van der Waals surface area contributed by atoms with Crippen LogP contribution in [0.15, 0.2) is 21.6 Å². The van der Waals surface area contributed by atoms with Gasteiger partial charge in [-0.25, -0.2) is 8.78 Å². The first-order valence-corrected chi connectivity index (χ1v) is 5.33. The normalized spacial score (nSPS) is 20.0. The maximum absolute atomic E-state index is 13.5. The van der Waals surface area contributed by atoms with Gasteiger partial charge in [-0.15, -0.1) is 0 Å². The molecule has 1 aliphatic rings. The molecule has 0 bridgehead atoms. The van der Waals surface area contributed by atoms with E-state index in [9.17, 15) is 8.78 Å². The molecule has 0 fully saturated rings. The van der Waals surface area contributed by atoms with E-state index < -0.39 is 11.6 Å². The van der Waals surface area contributed by atoms with Crippen LogP contribution < -0.4 is 5.32 Å². The average molecular weight is 275 g/mol. The Bertz CT molecular complexity index is 408. The molecule has 15 heavy (non-hydrogen) atoms. The van der Waals surface area contributed by atoms with Crippen LogP contribution >= 0.6 is 15.9 Å². The smallest absolute Gasteiger partial charge is 0.138 e. The highest BCUT2D eigenvalue weighted by Gasteiger charge is 2.21. The maximum atomic E-state index is 13.5. The molecule has 1 unspecified atom stereocenters. The summed E-state index contributed by atoms with van der Waals surface area (Å²) in [5.74, 6) is -0.922. The Morgan fingerprint density at radius 2 is 2.00 bits per heavy atom. The number of nitrogens with zero attached hydrogens (tertiary/aromatic N) is 1. The fourth-order valence-electron chi connectivity index (χ4n) is 1.47. The monoisotopic (exact) mass is 274 g/mol. The molecule has 0 amide bonds. The summed E-state index contributed by atoms with van der Waals surface area (Å²) in [6, 6.07) is 2.58. The molecule has 0 aliphatic carbocycles. The highest BCUT2D eigenvalue weighted by Crippen LogP contribution is 2.20. The molecule has 80 valence electrons. The lowest BCUT2D eigenvalue weighted by molar-refractivity contribution is 0.575. The molecule has 0 aromatic heterocycles. The Hall–Kier alpha value is -0.970. The molecule has 0 saturated carbocycles. The molecule has 1 heterocycles. The van der Waals surface area contributed by atoms with Crippen LogP contribution in [0.5, 0.6) is 0 Å². The Labute approximate surface area is 94.5 Å². The summed E-state index contributed by atoms with van der Waals surface area (Å²) in [6.45, 7) is 2.45.